The van der Waals surface area contributed by atoms with Crippen LogP contribution in [0.2, 0.25) is 15.1 Å². The van der Waals surface area contributed by atoms with E-state index in [1.165, 1.54) is 24.4 Å². The van der Waals surface area contributed by atoms with Gasteiger partial charge in [0.25, 0.3) is 5.91 Å². The molecule has 4 nitrogen and oxygen atoms in total. The van der Waals surface area contributed by atoms with Gasteiger partial charge in [0.05, 0.1) is 17.3 Å². The van der Waals surface area contributed by atoms with E-state index in [1.807, 2.05) is 0 Å². The van der Waals surface area contributed by atoms with E-state index in [4.69, 9.17) is 34.8 Å². The van der Waals surface area contributed by atoms with Crippen molar-refractivity contribution in [3.63, 3.8) is 0 Å². The minimum absolute atomic E-state index is 0.182. The summed E-state index contributed by atoms with van der Waals surface area (Å²) in [4.78, 5) is 15.9. The van der Waals surface area contributed by atoms with Crippen LogP contribution in [0.4, 0.5) is 0 Å². The van der Waals surface area contributed by atoms with Crippen LogP contribution in [0.3, 0.4) is 0 Å². The maximum absolute atomic E-state index is 11.9. The number of hydrogen-bond acceptors (Lipinski definition) is 3. The van der Waals surface area contributed by atoms with Crippen molar-refractivity contribution in [2.24, 2.45) is 0 Å². The first-order valence-electron chi connectivity index (χ1n) is 5.98. The summed E-state index contributed by atoms with van der Waals surface area (Å²) < 4.78 is 0. The Kier molecular flexibility index (Phi) is 5.42. The zero-order valence-corrected chi connectivity index (χ0v) is 13.0. The van der Waals surface area contributed by atoms with Crippen molar-refractivity contribution in [3.05, 3.63) is 62.9 Å². The molecule has 1 unspecified atom stereocenters. The lowest BCUT2D eigenvalue weighted by atomic mass is 10.1. The smallest absolute Gasteiger partial charge is 0.253 e. The number of pyridine rings is 1. The number of carbonyl (C=O) groups is 1. The van der Waals surface area contributed by atoms with Crippen LogP contribution in [0, 0.1) is 0 Å². The number of carbonyl (C=O) groups excluding carboxylic acids is 1. The average molecular weight is 346 g/mol. The standard InChI is InChI=1S/C14H11Cl3N2O2/c15-9-1-2-12(18-6-9)7-19-14(21)13(20)8-3-10(16)5-11(17)4-8/h1-6,13,20H,7H2,(H,19,21). The van der Waals surface area contributed by atoms with Gasteiger partial charge in [-0.25, -0.2) is 0 Å². The van der Waals surface area contributed by atoms with Gasteiger partial charge >= 0.3 is 0 Å². The molecule has 1 aromatic heterocycles. The number of aliphatic hydroxyl groups excluding tert-OH is 1. The van der Waals surface area contributed by atoms with Crippen LogP contribution in [0.15, 0.2) is 36.5 Å². The van der Waals surface area contributed by atoms with Gasteiger partial charge in [0.2, 0.25) is 0 Å². The molecule has 7 heteroatoms. The van der Waals surface area contributed by atoms with Crippen molar-refractivity contribution in [2.45, 2.75) is 12.6 Å². The predicted molar refractivity (Wildman–Crippen MR) is 82.5 cm³/mol. The minimum atomic E-state index is -1.35. The molecule has 1 amide bonds. The van der Waals surface area contributed by atoms with Gasteiger partial charge in [-0.15, -0.1) is 0 Å². The molecule has 21 heavy (non-hydrogen) atoms. The minimum Gasteiger partial charge on any atom is -0.378 e. The Labute approximate surface area is 136 Å². The number of nitrogens with one attached hydrogen (secondary N) is 1. The molecule has 0 aliphatic heterocycles. The van der Waals surface area contributed by atoms with E-state index in [0.717, 1.165) is 0 Å². The summed E-state index contributed by atoms with van der Waals surface area (Å²) in [5.41, 5.74) is 0.957. The predicted octanol–water partition coefficient (Wildman–Crippen LogP) is 3.39. The zero-order valence-electron chi connectivity index (χ0n) is 10.7. The Bertz CT molecular complexity index is 627. The molecule has 0 saturated heterocycles. The number of amides is 1. The monoisotopic (exact) mass is 344 g/mol. The maximum Gasteiger partial charge on any atom is 0.253 e. The van der Waals surface area contributed by atoms with Gasteiger partial charge in [-0.2, -0.15) is 0 Å². The van der Waals surface area contributed by atoms with Gasteiger partial charge in [0.1, 0.15) is 0 Å². The lowest BCUT2D eigenvalue weighted by Gasteiger charge is -2.12. The molecule has 110 valence electrons. The Morgan fingerprint density at radius 2 is 1.81 bits per heavy atom. The summed E-state index contributed by atoms with van der Waals surface area (Å²) in [5, 5.41) is 13.8. The van der Waals surface area contributed by atoms with Crippen molar-refractivity contribution < 1.29 is 9.90 Å². The number of aromatic nitrogens is 1. The first-order chi connectivity index (χ1) is 9.95. The first-order valence-corrected chi connectivity index (χ1v) is 7.11. The molecular formula is C14H11Cl3N2O2. The lowest BCUT2D eigenvalue weighted by Crippen LogP contribution is -2.29. The van der Waals surface area contributed by atoms with Gasteiger partial charge < -0.3 is 10.4 Å². The van der Waals surface area contributed by atoms with Crippen LogP contribution < -0.4 is 5.32 Å². The molecule has 2 aromatic rings. The fraction of sp³-hybridized carbons (Fsp3) is 0.143. The van der Waals surface area contributed by atoms with Crippen LogP contribution in [-0.4, -0.2) is 16.0 Å². The van der Waals surface area contributed by atoms with E-state index in [2.05, 4.69) is 10.3 Å². The molecule has 0 bridgehead atoms. The Balaban J connectivity index is 2.00. The van der Waals surface area contributed by atoms with E-state index in [1.54, 1.807) is 12.1 Å². The van der Waals surface area contributed by atoms with Crippen molar-refractivity contribution in [3.8, 4) is 0 Å². The van der Waals surface area contributed by atoms with Crippen LogP contribution in [0.5, 0.6) is 0 Å². The molecule has 0 radical (unpaired) electrons. The van der Waals surface area contributed by atoms with Crippen LogP contribution in [0.25, 0.3) is 0 Å². The first kappa shape index (κ1) is 16.0. The van der Waals surface area contributed by atoms with Gasteiger partial charge in [-0.1, -0.05) is 34.8 Å². The molecular weight excluding hydrogens is 335 g/mol. The summed E-state index contributed by atoms with van der Waals surface area (Å²) in [6.45, 7) is 0.182. The average Bonchev–Trinajstić information content (AvgIpc) is 2.44. The van der Waals surface area contributed by atoms with Gasteiger partial charge in [0, 0.05) is 16.2 Å². The second kappa shape index (κ2) is 7.09. The molecule has 1 heterocycles. The molecule has 1 atom stereocenters. The molecule has 2 rings (SSSR count). The molecule has 2 N–H and O–H groups in total. The SMILES string of the molecule is O=C(NCc1ccc(Cl)cn1)C(O)c1cc(Cl)cc(Cl)c1. The number of halogens is 3. The number of aliphatic hydroxyl groups is 1. The quantitative estimate of drug-likeness (QED) is 0.893. The van der Waals surface area contributed by atoms with Gasteiger partial charge in [-0.05, 0) is 35.9 Å². The van der Waals surface area contributed by atoms with Crippen LogP contribution >= 0.6 is 34.8 Å². The van der Waals surface area contributed by atoms with E-state index >= 15 is 0 Å². The highest BCUT2D eigenvalue weighted by molar-refractivity contribution is 6.34. The molecule has 1 aromatic carbocycles. The van der Waals surface area contributed by atoms with Gasteiger partial charge in [0.15, 0.2) is 6.10 Å². The number of benzene rings is 1. The normalized spacial score (nSPS) is 12.0. The highest BCUT2D eigenvalue weighted by Gasteiger charge is 2.18. The molecule has 0 spiro atoms. The van der Waals surface area contributed by atoms with E-state index in [-0.39, 0.29) is 6.54 Å². The second-order valence-electron chi connectivity index (χ2n) is 4.29. The third-order valence-electron chi connectivity index (χ3n) is 2.68. The van der Waals surface area contributed by atoms with E-state index < -0.39 is 12.0 Å². The van der Waals surface area contributed by atoms with Crippen LogP contribution in [-0.2, 0) is 11.3 Å². The van der Waals surface area contributed by atoms with Crippen molar-refractivity contribution in [1.29, 1.82) is 0 Å². The highest BCUT2D eigenvalue weighted by atomic mass is 35.5. The largest absolute Gasteiger partial charge is 0.378 e. The molecule has 0 saturated carbocycles. The third kappa shape index (κ3) is 4.58. The summed E-state index contributed by atoms with van der Waals surface area (Å²) in [7, 11) is 0. The fourth-order valence-electron chi connectivity index (χ4n) is 1.67. The van der Waals surface area contributed by atoms with Crippen LogP contribution in [0.1, 0.15) is 17.4 Å². The molecule has 0 aliphatic rings. The number of rotatable bonds is 4. The van der Waals surface area contributed by atoms with E-state index in [9.17, 15) is 9.90 Å². The Morgan fingerprint density at radius 3 is 2.38 bits per heavy atom. The second-order valence-corrected chi connectivity index (χ2v) is 5.60. The molecule has 0 aliphatic carbocycles. The Morgan fingerprint density at radius 1 is 1.14 bits per heavy atom. The Hall–Kier alpha value is -1.33. The fourth-order valence-corrected chi connectivity index (χ4v) is 2.32. The summed E-state index contributed by atoms with van der Waals surface area (Å²) >= 11 is 17.4. The van der Waals surface area contributed by atoms with Crippen molar-refractivity contribution in [2.75, 3.05) is 0 Å². The third-order valence-corrected chi connectivity index (χ3v) is 3.34. The summed E-state index contributed by atoms with van der Waals surface area (Å²) in [6.07, 6.45) is 0.129. The summed E-state index contributed by atoms with van der Waals surface area (Å²) in [6, 6.07) is 7.85. The van der Waals surface area contributed by atoms with Crippen molar-refractivity contribution in [1.82, 2.24) is 10.3 Å². The molecule has 0 fully saturated rings. The van der Waals surface area contributed by atoms with Gasteiger partial charge in [-0.3, -0.25) is 9.78 Å². The maximum atomic E-state index is 11.9. The number of hydrogen-bond donors (Lipinski definition) is 2. The summed E-state index contributed by atoms with van der Waals surface area (Å²) in [5.74, 6) is -0.565. The van der Waals surface area contributed by atoms with Crippen molar-refractivity contribution >= 4 is 40.7 Å². The zero-order chi connectivity index (χ0) is 15.4. The highest BCUT2D eigenvalue weighted by Crippen LogP contribution is 2.23. The van der Waals surface area contributed by atoms with E-state index in [0.29, 0.717) is 26.3 Å². The lowest BCUT2D eigenvalue weighted by molar-refractivity contribution is -0.129. The topological polar surface area (TPSA) is 62.2 Å². The number of nitrogens with zero attached hydrogens (tertiary/aromatic N) is 1.